The van der Waals surface area contributed by atoms with Crippen molar-refractivity contribution in [1.29, 1.82) is 0 Å². The highest BCUT2D eigenvalue weighted by Gasteiger charge is 2.54. The van der Waals surface area contributed by atoms with Crippen LogP contribution in [0.2, 0.25) is 0 Å². The maximum Gasteiger partial charge on any atom is 0.0592 e. The van der Waals surface area contributed by atoms with E-state index in [0.717, 1.165) is 13.0 Å². The molecule has 58 valence electrons. The first-order valence-corrected chi connectivity index (χ1v) is 3.98. The summed E-state index contributed by atoms with van der Waals surface area (Å²) in [5, 5.41) is 9.37. The summed E-state index contributed by atoms with van der Waals surface area (Å²) in [4.78, 5) is 2.32. The lowest BCUT2D eigenvalue weighted by atomic mass is 9.61. The van der Waals surface area contributed by atoms with E-state index >= 15 is 0 Å². The smallest absolute Gasteiger partial charge is 0.0592 e. The Hall–Kier alpha value is -0.0800. The van der Waals surface area contributed by atoms with Gasteiger partial charge in [0.2, 0.25) is 0 Å². The second kappa shape index (κ2) is 1.74. The zero-order valence-corrected chi connectivity index (χ0v) is 6.67. The first kappa shape index (κ1) is 6.62. The molecule has 0 radical (unpaired) electrons. The second-order valence-electron chi connectivity index (χ2n) is 4.23. The van der Waals surface area contributed by atoms with Gasteiger partial charge in [-0.3, -0.25) is 0 Å². The average Bonchev–Trinajstić information content (AvgIpc) is 2.03. The summed E-state index contributed by atoms with van der Waals surface area (Å²) in [5.74, 6) is 0.567. The number of aliphatic hydroxyl groups is 1. The normalized spacial score (nSPS) is 54.3. The molecule has 2 aliphatic rings. The highest BCUT2D eigenvalue weighted by atomic mass is 16.3. The summed E-state index contributed by atoms with van der Waals surface area (Å²) in [6, 6.07) is 0. The molecule has 1 saturated carbocycles. The molecular weight excluding hydrogens is 126 g/mol. The van der Waals surface area contributed by atoms with Crippen LogP contribution in [0.15, 0.2) is 0 Å². The zero-order chi connectivity index (χ0) is 7.35. The summed E-state index contributed by atoms with van der Waals surface area (Å²) in [6.07, 6.45) is 1.01. The molecule has 1 saturated heterocycles. The summed E-state index contributed by atoms with van der Waals surface area (Å²) in [7, 11) is 2.14. The molecule has 10 heavy (non-hydrogen) atoms. The van der Waals surface area contributed by atoms with Crippen molar-refractivity contribution in [3.8, 4) is 0 Å². The standard InChI is InChI=1S/C8H15NO/c1-8-3-7(10)6(8)4-9(2)5-8/h6-7,10H,3-5H2,1-2H3/t6-,7-,8-/m1/s1. The predicted octanol–water partition coefficient (Wildman–Crippen LogP) is 0.319. The molecule has 2 rings (SSSR count). The van der Waals surface area contributed by atoms with Crippen LogP contribution in [0.1, 0.15) is 13.3 Å². The topological polar surface area (TPSA) is 23.5 Å². The number of hydrogen-bond acceptors (Lipinski definition) is 2. The van der Waals surface area contributed by atoms with Gasteiger partial charge in [0, 0.05) is 19.0 Å². The van der Waals surface area contributed by atoms with Crippen LogP contribution in [0.5, 0.6) is 0 Å². The van der Waals surface area contributed by atoms with E-state index < -0.39 is 0 Å². The van der Waals surface area contributed by atoms with Crippen LogP contribution in [0.25, 0.3) is 0 Å². The van der Waals surface area contributed by atoms with Crippen molar-refractivity contribution in [3.63, 3.8) is 0 Å². The molecule has 0 unspecified atom stereocenters. The van der Waals surface area contributed by atoms with Gasteiger partial charge in [-0.1, -0.05) is 6.92 Å². The van der Waals surface area contributed by atoms with Crippen molar-refractivity contribution in [2.75, 3.05) is 20.1 Å². The van der Waals surface area contributed by atoms with E-state index in [4.69, 9.17) is 0 Å². The molecule has 2 heteroatoms. The maximum absolute atomic E-state index is 9.37. The Balaban J connectivity index is 2.12. The molecule has 0 aromatic heterocycles. The lowest BCUT2D eigenvalue weighted by Gasteiger charge is -2.45. The Kier molecular flexibility index (Phi) is 1.15. The summed E-state index contributed by atoms with van der Waals surface area (Å²) < 4.78 is 0. The molecule has 0 bridgehead atoms. The molecule has 3 atom stereocenters. The molecule has 0 amide bonds. The van der Waals surface area contributed by atoms with Crippen molar-refractivity contribution in [3.05, 3.63) is 0 Å². The van der Waals surface area contributed by atoms with E-state index in [9.17, 15) is 5.11 Å². The van der Waals surface area contributed by atoms with E-state index in [0.29, 0.717) is 11.3 Å². The van der Waals surface area contributed by atoms with E-state index in [2.05, 4.69) is 18.9 Å². The third-order valence-corrected chi connectivity index (χ3v) is 3.17. The highest BCUT2D eigenvalue weighted by molar-refractivity contribution is 5.05. The van der Waals surface area contributed by atoms with Crippen LogP contribution in [0.4, 0.5) is 0 Å². The Bertz CT molecular complexity index is 159. The third kappa shape index (κ3) is 0.663. The van der Waals surface area contributed by atoms with E-state index in [1.165, 1.54) is 6.54 Å². The number of likely N-dealkylation sites (tertiary alicyclic amines) is 1. The van der Waals surface area contributed by atoms with E-state index in [1.54, 1.807) is 0 Å². The van der Waals surface area contributed by atoms with Gasteiger partial charge >= 0.3 is 0 Å². The monoisotopic (exact) mass is 141 g/mol. The van der Waals surface area contributed by atoms with Gasteiger partial charge in [-0.05, 0) is 18.9 Å². The van der Waals surface area contributed by atoms with Crippen molar-refractivity contribution in [2.24, 2.45) is 11.3 Å². The molecule has 0 spiro atoms. The molecule has 2 nitrogen and oxygen atoms in total. The second-order valence-corrected chi connectivity index (χ2v) is 4.23. The third-order valence-electron chi connectivity index (χ3n) is 3.17. The van der Waals surface area contributed by atoms with Crippen molar-refractivity contribution in [1.82, 2.24) is 4.90 Å². The molecule has 1 heterocycles. The molecule has 0 aromatic carbocycles. The van der Waals surface area contributed by atoms with Crippen molar-refractivity contribution >= 4 is 0 Å². The fraction of sp³-hybridized carbons (Fsp3) is 1.00. The van der Waals surface area contributed by atoms with Crippen LogP contribution in [0.3, 0.4) is 0 Å². The average molecular weight is 141 g/mol. The SMILES string of the molecule is CN1C[C@@H]2[C@H](O)C[C@]2(C)C1. The number of nitrogens with zero attached hydrogens (tertiary/aromatic N) is 1. The van der Waals surface area contributed by atoms with Crippen LogP contribution >= 0.6 is 0 Å². The van der Waals surface area contributed by atoms with Gasteiger partial charge in [-0.2, -0.15) is 0 Å². The first-order chi connectivity index (χ1) is 4.62. The van der Waals surface area contributed by atoms with Gasteiger partial charge in [0.1, 0.15) is 0 Å². The fourth-order valence-corrected chi connectivity index (χ4v) is 2.62. The van der Waals surface area contributed by atoms with Crippen LogP contribution in [0, 0.1) is 11.3 Å². The number of hydrogen-bond donors (Lipinski definition) is 1. The Labute approximate surface area is 61.8 Å². The van der Waals surface area contributed by atoms with E-state index in [1.807, 2.05) is 0 Å². The van der Waals surface area contributed by atoms with Gasteiger partial charge in [0.05, 0.1) is 6.10 Å². The molecule has 1 N–H and O–H groups in total. The summed E-state index contributed by atoms with van der Waals surface area (Å²) in [6.45, 7) is 4.56. The van der Waals surface area contributed by atoms with Crippen LogP contribution in [-0.4, -0.2) is 36.2 Å². The molecule has 1 aliphatic heterocycles. The lowest BCUT2D eigenvalue weighted by molar-refractivity contribution is -0.0639. The fourth-order valence-electron chi connectivity index (χ4n) is 2.62. The molecular formula is C8H15NO. The minimum Gasteiger partial charge on any atom is -0.393 e. The highest BCUT2D eigenvalue weighted by Crippen LogP contribution is 2.50. The lowest BCUT2D eigenvalue weighted by Crippen LogP contribution is -2.48. The summed E-state index contributed by atoms with van der Waals surface area (Å²) >= 11 is 0. The van der Waals surface area contributed by atoms with Crippen molar-refractivity contribution in [2.45, 2.75) is 19.4 Å². The Morgan fingerprint density at radius 2 is 2.30 bits per heavy atom. The van der Waals surface area contributed by atoms with E-state index in [-0.39, 0.29) is 6.10 Å². The maximum atomic E-state index is 9.37. The van der Waals surface area contributed by atoms with Crippen molar-refractivity contribution < 1.29 is 5.11 Å². The first-order valence-electron chi connectivity index (χ1n) is 3.98. The Morgan fingerprint density at radius 1 is 1.60 bits per heavy atom. The minimum absolute atomic E-state index is 0.00468. The number of aliphatic hydroxyl groups excluding tert-OH is 1. The van der Waals surface area contributed by atoms with Crippen LogP contribution in [-0.2, 0) is 0 Å². The van der Waals surface area contributed by atoms with Crippen LogP contribution < -0.4 is 0 Å². The summed E-state index contributed by atoms with van der Waals surface area (Å²) in [5.41, 5.74) is 0.453. The van der Waals surface area contributed by atoms with Gasteiger partial charge in [0.25, 0.3) is 0 Å². The number of fused-ring (bicyclic) bond motifs is 1. The zero-order valence-electron chi connectivity index (χ0n) is 6.67. The minimum atomic E-state index is -0.00468. The largest absolute Gasteiger partial charge is 0.393 e. The van der Waals surface area contributed by atoms with Gasteiger partial charge in [-0.25, -0.2) is 0 Å². The Morgan fingerprint density at radius 3 is 2.70 bits per heavy atom. The van der Waals surface area contributed by atoms with Gasteiger partial charge in [0.15, 0.2) is 0 Å². The van der Waals surface area contributed by atoms with Gasteiger partial charge < -0.3 is 10.0 Å². The molecule has 0 aromatic rings. The number of rotatable bonds is 0. The quantitative estimate of drug-likeness (QED) is 0.525. The predicted molar refractivity (Wildman–Crippen MR) is 39.7 cm³/mol. The van der Waals surface area contributed by atoms with Gasteiger partial charge in [-0.15, -0.1) is 0 Å². The molecule has 1 aliphatic carbocycles. The molecule has 2 fully saturated rings.